The maximum Gasteiger partial charge on any atom is 0.325 e. The van der Waals surface area contributed by atoms with E-state index < -0.39 is 40.5 Å². The van der Waals surface area contributed by atoms with Gasteiger partial charge in [-0.2, -0.15) is 4.31 Å². The Labute approximate surface area is 173 Å². The fraction of sp³-hybridized carbons (Fsp3) is 0.238. The molecule has 1 aliphatic heterocycles. The highest BCUT2D eigenvalue weighted by Gasteiger charge is 2.44. The summed E-state index contributed by atoms with van der Waals surface area (Å²) in [5.74, 6) is -1.30. The van der Waals surface area contributed by atoms with Gasteiger partial charge < -0.3 is 14.8 Å². The SMILES string of the molecule is O=C(COC(=O)[C@H]1C[C@@H](O)CN1S(=O)(=O)c1ccc2ccccc2c1)c1ccc[nH]1. The smallest absolute Gasteiger partial charge is 0.325 e. The van der Waals surface area contributed by atoms with Gasteiger partial charge in [0, 0.05) is 19.2 Å². The van der Waals surface area contributed by atoms with Crippen LogP contribution < -0.4 is 0 Å². The van der Waals surface area contributed by atoms with Crippen LogP contribution in [0.25, 0.3) is 10.8 Å². The second kappa shape index (κ2) is 8.02. The van der Waals surface area contributed by atoms with E-state index in [0.29, 0.717) is 0 Å². The quantitative estimate of drug-likeness (QED) is 0.456. The standard InChI is InChI=1S/C21H20N2O6S/c24-16-11-19(21(26)29-13-20(25)18-6-3-9-22-18)23(12-16)30(27,28)17-8-7-14-4-1-2-5-15(14)10-17/h1-10,16,19,22,24H,11-13H2/t16-,19-/m1/s1. The first kappa shape index (κ1) is 20.3. The van der Waals surface area contributed by atoms with Crippen molar-refractivity contribution in [1.29, 1.82) is 0 Å². The average Bonchev–Trinajstić information content (AvgIpc) is 3.41. The van der Waals surface area contributed by atoms with Crippen LogP contribution in [0, 0.1) is 0 Å². The molecule has 8 nitrogen and oxygen atoms in total. The second-order valence-corrected chi connectivity index (χ2v) is 8.99. The third-order valence-corrected chi connectivity index (χ3v) is 6.95. The Morgan fingerprint density at radius 2 is 1.87 bits per heavy atom. The van der Waals surface area contributed by atoms with E-state index in [1.165, 1.54) is 12.1 Å². The number of ether oxygens (including phenoxy) is 1. The van der Waals surface area contributed by atoms with Crippen molar-refractivity contribution < 1.29 is 27.9 Å². The summed E-state index contributed by atoms with van der Waals surface area (Å²) in [6.45, 7) is -0.741. The highest BCUT2D eigenvalue weighted by molar-refractivity contribution is 7.89. The van der Waals surface area contributed by atoms with Crippen molar-refractivity contribution in [2.24, 2.45) is 0 Å². The molecule has 1 saturated heterocycles. The number of hydrogen-bond acceptors (Lipinski definition) is 6. The highest BCUT2D eigenvalue weighted by Crippen LogP contribution is 2.29. The number of carbonyl (C=O) groups is 2. The number of nitrogens with one attached hydrogen (secondary N) is 1. The van der Waals surface area contributed by atoms with Crippen molar-refractivity contribution in [3.05, 3.63) is 66.5 Å². The van der Waals surface area contributed by atoms with Crippen LogP contribution in [0.5, 0.6) is 0 Å². The molecule has 2 heterocycles. The number of H-pyrrole nitrogens is 1. The van der Waals surface area contributed by atoms with Crippen LogP contribution in [0.15, 0.2) is 65.7 Å². The molecule has 1 aromatic heterocycles. The van der Waals surface area contributed by atoms with Gasteiger partial charge in [0.25, 0.3) is 0 Å². The number of hydrogen-bond donors (Lipinski definition) is 2. The van der Waals surface area contributed by atoms with Crippen molar-refractivity contribution >= 4 is 32.5 Å². The number of aliphatic hydroxyl groups is 1. The largest absolute Gasteiger partial charge is 0.456 e. The second-order valence-electron chi connectivity index (χ2n) is 7.10. The maximum absolute atomic E-state index is 13.2. The number of sulfonamides is 1. The molecular weight excluding hydrogens is 408 g/mol. The molecule has 2 aromatic carbocycles. The molecule has 2 N–H and O–H groups in total. The minimum Gasteiger partial charge on any atom is -0.456 e. The average molecular weight is 428 g/mol. The minimum atomic E-state index is -4.06. The van der Waals surface area contributed by atoms with Gasteiger partial charge in [-0.15, -0.1) is 0 Å². The summed E-state index contributed by atoms with van der Waals surface area (Å²) < 4.78 is 32.4. The number of aromatic nitrogens is 1. The lowest BCUT2D eigenvalue weighted by molar-refractivity contribution is -0.146. The molecule has 4 rings (SSSR count). The van der Waals surface area contributed by atoms with E-state index in [0.717, 1.165) is 15.1 Å². The molecule has 0 unspecified atom stereocenters. The van der Waals surface area contributed by atoms with Crippen molar-refractivity contribution in [3.63, 3.8) is 0 Å². The summed E-state index contributed by atoms with van der Waals surface area (Å²) in [5, 5.41) is 11.7. The van der Waals surface area contributed by atoms with E-state index in [1.807, 2.05) is 12.1 Å². The number of benzene rings is 2. The first-order valence-electron chi connectivity index (χ1n) is 9.38. The molecule has 0 spiro atoms. The highest BCUT2D eigenvalue weighted by atomic mass is 32.2. The lowest BCUT2D eigenvalue weighted by Crippen LogP contribution is -2.41. The summed E-state index contributed by atoms with van der Waals surface area (Å²) >= 11 is 0. The number of esters is 1. The number of β-amino-alcohol motifs (C(OH)–C–C–N with tert-alkyl or cyclic N) is 1. The number of Topliss-reactive ketones (excluding diaryl/α,β-unsaturated/α-hetero) is 1. The van der Waals surface area contributed by atoms with Crippen LogP contribution in [0.3, 0.4) is 0 Å². The number of rotatable bonds is 6. The third kappa shape index (κ3) is 3.87. The molecule has 156 valence electrons. The fourth-order valence-electron chi connectivity index (χ4n) is 3.54. The number of nitrogens with zero attached hydrogens (tertiary/aromatic N) is 1. The predicted octanol–water partition coefficient (Wildman–Crippen LogP) is 1.72. The van der Waals surface area contributed by atoms with Gasteiger partial charge in [0.2, 0.25) is 15.8 Å². The number of fused-ring (bicyclic) bond motifs is 1. The normalized spacial score (nSPS) is 19.8. The topological polar surface area (TPSA) is 117 Å². The van der Waals surface area contributed by atoms with Crippen molar-refractivity contribution in [3.8, 4) is 0 Å². The summed E-state index contributed by atoms with van der Waals surface area (Å²) in [5.41, 5.74) is 0.287. The molecule has 3 aromatic rings. The Bertz CT molecular complexity index is 1190. The van der Waals surface area contributed by atoms with E-state index in [-0.39, 0.29) is 23.6 Å². The molecular formula is C21H20N2O6S. The summed E-state index contributed by atoms with van der Waals surface area (Å²) in [6.07, 6.45) is 0.472. The van der Waals surface area contributed by atoms with Gasteiger partial charge in [-0.1, -0.05) is 30.3 Å². The van der Waals surface area contributed by atoms with Gasteiger partial charge in [-0.25, -0.2) is 8.42 Å². The number of aliphatic hydroxyl groups excluding tert-OH is 1. The zero-order valence-electron chi connectivity index (χ0n) is 15.9. The molecule has 9 heteroatoms. The van der Waals surface area contributed by atoms with Crippen molar-refractivity contribution in [2.75, 3.05) is 13.2 Å². The zero-order valence-corrected chi connectivity index (χ0v) is 16.7. The number of aromatic amines is 1. The molecule has 0 radical (unpaired) electrons. The first-order chi connectivity index (χ1) is 14.4. The lowest BCUT2D eigenvalue weighted by atomic mass is 10.1. The summed E-state index contributed by atoms with van der Waals surface area (Å²) in [4.78, 5) is 27.3. The molecule has 0 aliphatic carbocycles. The number of ketones is 1. The monoisotopic (exact) mass is 428 g/mol. The van der Waals surface area contributed by atoms with E-state index in [2.05, 4.69) is 4.98 Å². The third-order valence-electron chi connectivity index (χ3n) is 5.08. The van der Waals surface area contributed by atoms with Gasteiger partial charge in [0.1, 0.15) is 6.04 Å². The Balaban J connectivity index is 1.54. The molecule has 1 aliphatic rings. The number of carbonyl (C=O) groups excluding carboxylic acids is 2. The van der Waals surface area contributed by atoms with Crippen LogP contribution >= 0.6 is 0 Å². The molecule has 30 heavy (non-hydrogen) atoms. The minimum absolute atomic E-state index is 0.0237. The van der Waals surface area contributed by atoms with Gasteiger partial charge in [0.15, 0.2) is 6.61 Å². The van der Waals surface area contributed by atoms with Crippen LogP contribution in [-0.2, 0) is 19.6 Å². The van der Waals surface area contributed by atoms with Crippen LogP contribution in [-0.4, -0.2) is 59.9 Å². The molecule has 0 bridgehead atoms. The molecule has 1 fully saturated rings. The van der Waals surface area contributed by atoms with E-state index in [9.17, 15) is 23.1 Å². The predicted molar refractivity (Wildman–Crippen MR) is 108 cm³/mol. The Hall–Kier alpha value is -3.01. The Kier molecular flexibility index (Phi) is 5.42. The van der Waals surface area contributed by atoms with Crippen LogP contribution in [0.4, 0.5) is 0 Å². The maximum atomic E-state index is 13.2. The van der Waals surface area contributed by atoms with Crippen LogP contribution in [0.1, 0.15) is 16.9 Å². The molecule has 0 amide bonds. The van der Waals surface area contributed by atoms with Gasteiger partial charge in [-0.3, -0.25) is 9.59 Å². The van der Waals surface area contributed by atoms with E-state index in [1.54, 1.807) is 36.5 Å². The van der Waals surface area contributed by atoms with E-state index in [4.69, 9.17) is 4.74 Å². The first-order valence-corrected chi connectivity index (χ1v) is 10.8. The summed E-state index contributed by atoms with van der Waals surface area (Å²) in [6, 6.07) is 14.0. The Morgan fingerprint density at radius 1 is 1.10 bits per heavy atom. The van der Waals surface area contributed by atoms with Crippen molar-refractivity contribution in [2.45, 2.75) is 23.5 Å². The lowest BCUT2D eigenvalue weighted by Gasteiger charge is -2.22. The molecule has 0 saturated carbocycles. The zero-order chi connectivity index (χ0) is 21.3. The van der Waals surface area contributed by atoms with Crippen molar-refractivity contribution in [1.82, 2.24) is 9.29 Å². The van der Waals surface area contributed by atoms with E-state index >= 15 is 0 Å². The van der Waals surface area contributed by atoms with Gasteiger partial charge >= 0.3 is 5.97 Å². The summed E-state index contributed by atoms with van der Waals surface area (Å²) in [7, 11) is -4.06. The Morgan fingerprint density at radius 3 is 2.60 bits per heavy atom. The molecule has 2 atom stereocenters. The fourth-order valence-corrected chi connectivity index (χ4v) is 5.20. The van der Waals surface area contributed by atoms with Gasteiger partial charge in [-0.05, 0) is 35.0 Å². The van der Waals surface area contributed by atoms with Gasteiger partial charge in [0.05, 0.1) is 16.7 Å². The van der Waals surface area contributed by atoms with Crippen LogP contribution in [0.2, 0.25) is 0 Å².